The molecular formula is C34H56S2. The van der Waals surface area contributed by atoms with Crippen LogP contribution in [-0.2, 0) is 0 Å². The Morgan fingerprint density at radius 1 is 0.361 bits per heavy atom. The Morgan fingerprint density at radius 2 is 0.750 bits per heavy atom. The maximum atomic E-state index is 2.50. The second kappa shape index (κ2) is 11.7. The zero-order chi connectivity index (χ0) is 23.9. The minimum atomic E-state index is 1.03. The second-order valence-electron chi connectivity index (χ2n) is 15.2. The number of fused-ring (bicyclic) bond motifs is 4. The first-order valence-corrected chi connectivity index (χ1v) is 19.0. The lowest BCUT2D eigenvalue weighted by Crippen LogP contribution is -2.43. The molecule has 7 fully saturated rings. The Labute approximate surface area is 232 Å². The topological polar surface area (TPSA) is 0 Å². The van der Waals surface area contributed by atoms with Crippen molar-refractivity contribution in [2.75, 3.05) is 0 Å². The molecule has 7 rings (SSSR count). The zero-order valence-corrected chi connectivity index (χ0v) is 24.9. The first-order chi connectivity index (χ1) is 17.8. The van der Waals surface area contributed by atoms with E-state index in [1.54, 1.807) is 103 Å². The molecule has 0 bridgehead atoms. The minimum Gasteiger partial charge on any atom is -0.155 e. The van der Waals surface area contributed by atoms with Crippen LogP contribution >= 0.6 is 23.5 Å². The summed E-state index contributed by atoms with van der Waals surface area (Å²) in [6.07, 6.45) is 34.6. The first kappa shape index (κ1) is 25.7. The molecule has 0 aromatic carbocycles. The van der Waals surface area contributed by atoms with Gasteiger partial charge >= 0.3 is 0 Å². The van der Waals surface area contributed by atoms with E-state index >= 15 is 0 Å². The van der Waals surface area contributed by atoms with Crippen LogP contribution in [-0.4, -0.2) is 21.0 Å². The third-order valence-electron chi connectivity index (χ3n) is 13.0. The van der Waals surface area contributed by atoms with Gasteiger partial charge in [-0.1, -0.05) is 64.2 Å². The number of hydrogen-bond acceptors (Lipinski definition) is 2. The van der Waals surface area contributed by atoms with Crippen molar-refractivity contribution < 1.29 is 0 Å². The van der Waals surface area contributed by atoms with Crippen LogP contribution in [0.25, 0.3) is 0 Å². The molecule has 0 N–H and O–H groups in total. The summed E-state index contributed by atoms with van der Waals surface area (Å²) in [6.45, 7) is 0. The summed E-state index contributed by atoms with van der Waals surface area (Å²) in [5.74, 6) is 8.87. The molecule has 0 spiro atoms. The van der Waals surface area contributed by atoms with Gasteiger partial charge in [0.2, 0.25) is 0 Å². The van der Waals surface area contributed by atoms with Crippen molar-refractivity contribution in [3.05, 3.63) is 0 Å². The average molecular weight is 529 g/mol. The van der Waals surface area contributed by atoms with Crippen molar-refractivity contribution >= 4 is 23.5 Å². The van der Waals surface area contributed by atoms with Gasteiger partial charge in [-0.05, 0) is 124 Å². The number of rotatable bonds is 6. The standard InChI is InChI=1S/C34H56S2/c1-3-7-23(8-4-1)11-13-31-19-29-17-25-15-28-22-34-30(18-26(28)16-27(25)21-33(29)35-31)20-32(36-34)14-12-24-9-5-2-6-10-24/h23-34H,1-22H2. The molecule has 2 heterocycles. The molecule has 0 amide bonds. The van der Waals surface area contributed by atoms with E-state index in [0.717, 1.165) is 68.3 Å². The van der Waals surface area contributed by atoms with Crippen LogP contribution in [0.3, 0.4) is 0 Å². The van der Waals surface area contributed by atoms with E-state index in [0.29, 0.717) is 0 Å². The van der Waals surface area contributed by atoms with Crippen molar-refractivity contribution in [2.45, 2.75) is 162 Å². The molecule has 7 aliphatic rings. The Bertz CT molecular complexity index is 612. The van der Waals surface area contributed by atoms with E-state index < -0.39 is 0 Å². The summed E-state index contributed by atoms with van der Waals surface area (Å²) in [5, 5.41) is 4.18. The maximum Gasteiger partial charge on any atom is 0.00813 e. The highest BCUT2D eigenvalue weighted by Crippen LogP contribution is 2.60. The molecule has 0 aromatic rings. The van der Waals surface area contributed by atoms with Gasteiger partial charge in [-0.3, -0.25) is 0 Å². The van der Waals surface area contributed by atoms with Gasteiger partial charge in [-0.2, -0.15) is 23.5 Å². The van der Waals surface area contributed by atoms with Crippen LogP contribution in [0, 0.1) is 47.3 Å². The molecule has 204 valence electrons. The summed E-state index contributed by atoms with van der Waals surface area (Å²) >= 11 is 5.00. The third-order valence-corrected chi connectivity index (χ3v) is 16.5. The van der Waals surface area contributed by atoms with Gasteiger partial charge in [0.05, 0.1) is 0 Å². The van der Waals surface area contributed by atoms with E-state index in [-0.39, 0.29) is 0 Å². The lowest BCUT2D eigenvalue weighted by Gasteiger charge is -2.50. The number of hydrogen-bond donors (Lipinski definition) is 0. The maximum absolute atomic E-state index is 2.50. The van der Waals surface area contributed by atoms with Crippen LogP contribution in [0.2, 0.25) is 0 Å². The van der Waals surface area contributed by atoms with Crippen LogP contribution in [0.1, 0.15) is 141 Å². The Balaban J connectivity index is 0.886. The second-order valence-corrected chi connectivity index (χ2v) is 18.3. The van der Waals surface area contributed by atoms with E-state index in [9.17, 15) is 0 Å². The normalized spacial score (nSPS) is 47.7. The summed E-state index contributed by atoms with van der Waals surface area (Å²) in [7, 11) is 0. The zero-order valence-electron chi connectivity index (χ0n) is 23.3. The van der Waals surface area contributed by atoms with Crippen LogP contribution < -0.4 is 0 Å². The van der Waals surface area contributed by atoms with Crippen molar-refractivity contribution in [3.8, 4) is 0 Å². The van der Waals surface area contributed by atoms with Crippen LogP contribution in [0.15, 0.2) is 0 Å². The summed E-state index contributed by atoms with van der Waals surface area (Å²) < 4.78 is 0. The molecular weight excluding hydrogens is 473 g/mol. The Kier molecular flexibility index (Phi) is 8.31. The lowest BCUT2D eigenvalue weighted by molar-refractivity contribution is 0.0263. The highest BCUT2D eigenvalue weighted by Gasteiger charge is 2.51. The smallest absolute Gasteiger partial charge is 0.00813 e. The predicted molar refractivity (Wildman–Crippen MR) is 160 cm³/mol. The summed E-state index contributed by atoms with van der Waals surface area (Å²) in [6, 6.07) is 0. The Hall–Kier alpha value is 0.700. The van der Waals surface area contributed by atoms with Crippen molar-refractivity contribution in [1.29, 1.82) is 0 Å². The van der Waals surface area contributed by atoms with Gasteiger partial charge < -0.3 is 0 Å². The molecule has 0 aromatic heterocycles. The quantitative estimate of drug-likeness (QED) is 0.336. The Morgan fingerprint density at radius 3 is 1.19 bits per heavy atom. The molecule has 10 unspecified atom stereocenters. The highest BCUT2D eigenvalue weighted by atomic mass is 32.2. The van der Waals surface area contributed by atoms with Gasteiger partial charge in [-0.15, -0.1) is 0 Å². The molecule has 2 heteroatoms. The molecule has 10 atom stereocenters. The summed E-state index contributed by atoms with van der Waals surface area (Å²) in [4.78, 5) is 0. The van der Waals surface area contributed by atoms with Crippen molar-refractivity contribution in [2.24, 2.45) is 47.3 Å². The van der Waals surface area contributed by atoms with E-state index in [2.05, 4.69) is 23.5 Å². The van der Waals surface area contributed by atoms with Gasteiger partial charge in [0.25, 0.3) is 0 Å². The minimum absolute atomic E-state index is 1.03. The fourth-order valence-corrected chi connectivity index (χ4v) is 14.9. The van der Waals surface area contributed by atoms with Gasteiger partial charge in [0.1, 0.15) is 0 Å². The van der Waals surface area contributed by atoms with Crippen LogP contribution in [0.4, 0.5) is 0 Å². The van der Waals surface area contributed by atoms with Gasteiger partial charge in [-0.25, -0.2) is 0 Å². The molecule has 2 saturated heterocycles. The van der Waals surface area contributed by atoms with Crippen LogP contribution in [0.5, 0.6) is 0 Å². The predicted octanol–water partition coefficient (Wildman–Crippen LogP) is 10.5. The molecule has 0 radical (unpaired) electrons. The molecule has 36 heavy (non-hydrogen) atoms. The molecule has 5 aliphatic carbocycles. The summed E-state index contributed by atoms with van der Waals surface area (Å²) in [5.41, 5.74) is 0. The van der Waals surface area contributed by atoms with E-state index in [1.807, 2.05) is 0 Å². The fourth-order valence-electron chi connectivity index (χ4n) is 11.0. The van der Waals surface area contributed by atoms with E-state index in [1.165, 1.54) is 38.5 Å². The third kappa shape index (κ3) is 5.76. The van der Waals surface area contributed by atoms with Crippen molar-refractivity contribution in [3.63, 3.8) is 0 Å². The monoisotopic (exact) mass is 528 g/mol. The lowest BCUT2D eigenvalue weighted by atomic mass is 9.56. The molecule has 0 nitrogen and oxygen atoms in total. The van der Waals surface area contributed by atoms with Gasteiger partial charge in [0.15, 0.2) is 0 Å². The number of thioether (sulfide) groups is 2. The average Bonchev–Trinajstić information content (AvgIpc) is 3.50. The SMILES string of the molecule is C1CCC(CCC2CC3CC4CC5CC6SC(CCC7CCCCC7)CC6CC5CC4CC3S2)CC1. The highest BCUT2D eigenvalue weighted by molar-refractivity contribution is 8.01. The molecule has 2 aliphatic heterocycles. The first-order valence-electron chi connectivity index (χ1n) is 17.1. The van der Waals surface area contributed by atoms with E-state index in [4.69, 9.17) is 0 Å². The van der Waals surface area contributed by atoms with Crippen molar-refractivity contribution in [1.82, 2.24) is 0 Å². The van der Waals surface area contributed by atoms with Gasteiger partial charge in [0, 0.05) is 21.0 Å². The largest absolute Gasteiger partial charge is 0.155 e. The molecule has 5 saturated carbocycles. The fraction of sp³-hybridized carbons (Fsp3) is 1.00.